The maximum absolute atomic E-state index is 8.88. The van der Waals surface area contributed by atoms with E-state index >= 15 is 0 Å². The number of para-hydroxylation sites is 2. The van der Waals surface area contributed by atoms with Gasteiger partial charge in [-0.25, -0.2) is 0 Å². The SMILES string of the molecule is CC(C#N)CN1CCCOc2ccccc21. The second-order valence-corrected chi connectivity index (χ2v) is 4.15. The summed E-state index contributed by atoms with van der Waals surface area (Å²) in [7, 11) is 0. The minimum atomic E-state index is 0.0474. The second kappa shape index (κ2) is 4.89. The van der Waals surface area contributed by atoms with E-state index in [2.05, 4.69) is 17.0 Å². The maximum atomic E-state index is 8.88. The van der Waals surface area contributed by atoms with E-state index in [-0.39, 0.29) is 5.92 Å². The molecule has 0 bridgehead atoms. The van der Waals surface area contributed by atoms with Crippen LogP contribution in [0.15, 0.2) is 24.3 Å². The minimum absolute atomic E-state index is 0.0474. The lowest BCUT2D eigenvalue weighted by atomic mass is 10.1. The van der Waals surface area contributed by atoms with Crippen molar-refractivity contribution in [3.63, 3.8) is 0 Å². The average molecular weight is 216 g/mol. The highest BCUT2D eigenvalue weighted by Crippen LogP contribution is 2.30. The van der Waals surface area contributed by atoms with Gasteiger partial charge in [-0.3, -0.25) is 0 Å². The summed E-state index contributed by atoms with van der Waals surface area (Å²) in [6, 6.07) is 10.3. The fraction of sp³-hybridized carbons (Fsp3) is 0.462. The molecule has 0 amide bonds. The molecule has 1 aromatic carbocycles. The third-order valence-electron chi connectivity index (χ3n) is 2.75. The fourth-order valence-electron chi connectivity index (χ4n) is 1.96. The highest BCUT2D eigenvalue weighted by Gasteiger charge is 2.17. The smallest absolute Gasteiger partial charge is 0.142 e. The number of nitrogens with zero attached hydrogens (tertiary/aromatic N) is 2. The Bertz CT molecular complexity index is 397. The van der Waals surface area contributed by atoms with E-state index in [0.717, 1.165) is 37.6 Å². The van der Waals surface area contributed by atoms with Gasteiger partial charge in [-0.05, 0) is 25.5 Å². The van der Waals surface area contributed by atoms with Crippen LogP contribution in [0.3, 0.4) is 0 Å². The third kappa shape index (κ3) is 2.27. The lowest BCUT2D eigenvalue weighted by Crippen LogP contribution is -2.28. The molecule has 0 spiro atoms. The molecule has 3 heteroatoms. The van der Waals surface area contributed by atoms with E-state index < -0.39 is 0 Å². The molecule has 2 rings (SSSR count). The van der Waals surface area contributed by atoms with Crippen LogP contribution < -0.4 is 9.64 Å². The average Bonchev–Trinajstić information content (AvgIpc) is 2.52. The monoisotopic (exact) mass is 216 g/mol. The van der Waals surface area contributed by atoms with E-state index in [1.807, 2.05) is 25.1 Å². The predicted molar refractivity (Wildman–Crippen MR) is 63.5 cm³/mol. The van der Waals surface area contributed by atoms with Crippen molar-refractivity contribution in [1.29, 1.82) is 5.26 Å². The molecule has 1 aliphatic rings. The van der Waals surface area contributed by atoms with Gasteiger partial charge in [-0.2, -0.15) is 5.26 Å². The molecule has 0 saturated heterocycles. The molecule has 1 heterocycles. The van der Waals surface area contributed by atoms with Crippen LogP contribution in [0, 0.1) is 17.2 Å². The van der Waals surface area contributed by atoms with Crippen molar-refractivity contribution in [2.45, 2.75) is 13.3 Å². The first-order valence-electron chi connectivity index (χ1n) is 5.67. The summed E-state index contributed by atoms with van der Waals surface area (Å²) in [6.45, 7) is 4.45. The van der Waals surface area contributed by atoms with Gasteiger partial charge in [0.2, 0.25) is 0 Å². The molecule has 16 heavy (non-hydrogen) atoms. The summed E-state index contributed by atoms with van der Waals surface area (Å²) in [4.78, 5) is 2.25. The van der Waals surface area contributed by atoms with Crippen LogP contribution in [0.1, 0.15) is 13.3 Å². The van der Waals surface area contributed by atoms with Gasteiger partial charge in [0.25, 0.3) is 0 Å². The zero-order valence-corrected chi connectivity index (χ0v) is 9.52. The van der Waals surface area contributed by atoms with Crippen LogP contribution >= 0.6 is 0 Å². The van der Waals surface area contributed by atoms with Crippen LogP contribution in [0.2, 0.25) is 0 Å². The van der Waals surface area contributed by atoms with Crippen LogP contribution in [-0.2, 0) is 0 Å². The first kappa shape index (κ1) is 10.8. The number of hydrogen-bond acceptors (Lipinski definition) is 3. The lowest BCUT2D eigenvalue weighted by molar-refractivity contribution is 0.322. The largest absolute Gasteiger partial charge is 0.491 e. The normalized spacial score (nSPS) is 16.6. The Morgan fingerprint density at radius 3 is 3.12 bits per heavy atom. The summed E-state index contributed by atoms with van der Waals surface area (Å²) in [5, 5.41) is 8.88. The standard InChI is InChI=1S/C13H16N2O/c1-11(9-14)10-15-7-4-8-16-13-6-3-2-5-12(13)15/h2-3,5-6,11H,4,7-8,10H2,1H3. The molecule has 1 atom stereocenters. The second-order valence-electron chi connectivity index (χ2n) is 4.15. The van der Waals surface area contributed by atoms with Crippen molar-refractivity contribution >= 4 is 5.69 Å². The topological polar surface area (TPSA) is 36.3 Å². The number of hydrogen-bond donors (Lipinski definition) is 0. The van der Waals surface area contributed by atoms with Crippen LogP contribution in [0.4, 0.5) is 5.69 Å². The van der Waals surface area contributed by atoms with Gasteiger partial charge in [0.15, 0.2) is 0 Å². The third-order valence-corrected chi connectivity index (χ3v) is 2.75. The first-order chi connectivity index (χ1) is 7.81. The zero-order chi connectivity index (χ0) is 11.4. The molecule has 0 N–H and O–H groups in total. The fourth-order valence-corrected chi connectivity index (χ4v) is 1.96. The summed E-state index contributed by atoms with van der Waals surface area (Å²) in [5.74, 6) is 0.983. The summed E-state index contributed by atoms with van der Waals surface area (Å²) < 4.78 is 5.67. The molecule has 0 aliphatic carbocycles. The summed E-state index contributed by atoms with van der Waals surface area (Å²) >= 11 is 0. The molecule has 0 aromatic heterocycles. The van der Waals surface area contributed by atoms with Gasteiger partial charge in [-0.15, -0.1) is 0 Å². The molecule has 0 radical (unpaired) electrons. The number of ether oxygens (including phenoxy) is 1. The molecule has 1 aliphatic heterocycles. The van der Waals surface area contributed by atoms with Crippen molar-refractivity contribution in [1.82, 2.24) is 0 Å². The van der Waals surface area contributed by atoms with Crippen molar-refractivity contribution in [3.8, 4) is 11.8 Å². The van der Waals surface area contributed by atoms with Gasteiger partial charge in [-0.1, -0.05) is 12.1 Å². The van der Waals surface area contributed by atoms with Gasteiger partial charge in [0, 0.05) is 13.1 Å². The van der Waals surface area contributed by atoms with Crippen molar-refractivity contribution in [2.75, 3.05) is 24.6 Å². The van der Waals surface area contributed by atoms with Gasteiger partial charge < -0.3 is 9.64 Å². The number of fused-ring (bicyclic) bond motifs is 1. The number of benzene rings is 1. The van der Waals surface area contributed by atoms with Crippen molar-refractivity contribution < 1.29 is 4.74 Å². The molecular formula is C13H16N2O. The van der Waals surface area contributed by atoms with E-state index in [9.17, 15) is 0 Å². The van der Waals surface area contributed by atoms with Crippen molar-refractivity contribution in [2.24, 2.45) is 5.92 Å². The predicted octanol–water partition coefficient (Wildman–Crippen LogP) is 2.44. The van der Waals surface area contributed by atoms with Gasteiger partial charge in [0.05, 0.1) is 24.3 Å². The molecule has 0 fully saturated rings. The molecule has 1 unspecified atom stereocenters. The summed E-state index contributed by atoms with van der Waals surface area (Å²) in [6.07, 6.45) is 1.01. The molecule has 1 aromatic rings. The Hall–Kier alpha value is -1.69. The molecule has 84 valence electrons. The summed E-state index contributed by atoms with van der Waals surface area (Å²) in [5.41, 5.74) is 1.11. The quantitative estimate of drug-likeness (QED) is 0.761. The first-order valence-corrected chi connectivity index (χ1v) is 5.67. The zero-order valence-electron chi connectivity index (χ0n) is 9.52. The number of rotatable bonds is 2. The van der Waals surface area contributed by atoms with Gasteiger partial charge in [0.1, 0.15) is 5.75 Å². The molecule has 3 nitrogen and oxygen atoms in total. The highest BCUT2D eigenvalue weighted by molar-refractivity contribution is 5.59. The molecular weight excluding hydrogens is 200 g/mol. The number of anilines is 1. The van der Waals surface area contributed by atoms with Crippen molar-refractivity contribution in [3.05, 3.63) is 24.3 Å². The van der Waals surface area contributed by atoms with E-state index in [4.69, 9.17) is 10.00 Å². The Morgan fingerprint density at radius 1 is 1.50 bits per heavy atom. The maximum Gasteiger partial charge on any atom is 0.142 e. The lowest BCUT2D eigenvalue weighted by Gasteiger charge is -2.24. The minimum Gasteiger partial charge on any atom is -0.491 e. The van der Waals surface area contributed by atoms with Gasteiger partial charge >= 0.3 is 0 Å². The van der Waals surface area contributed by atoms with Crippen LogP contribution in [0.5, 0.6) is 5.75 Å². The van der Waals surface area contributed by atoms with E-state index in [1.54, 1.807) is 0 Å². The van der Waals surface area contributed by atoms with Crippen LogP contribution in [0.25, 0.3) is 0 Å². The highest BCUT2D eigenvalue weighted by atomic mass is 16.5. The Balaban J connectivity index is 2.23. The number of nitriles is 1. The van der Waals surface area contributed by atoms with E-state index in [0.29, 0.717) is 0 Å². The molecule has 0 saturated carbocycles. The Kier molecular flexibility index (Phi) is 3.31. The van der Waals surface area contributed by atoms with Crippen LogP contribution in [-0.4, -0.2) is 19.7 Å². The Morgan fingerprint density at radius 2 is 2.31 bits per heavy atom. The van der Waals surface area contributed by atoms with E-state index in [1.165, 1.54) is 0 Å². The Labute approximate surface area is 96.2 Å².